The first-order valence-electron chi connectivity index (χ1n) is 8.69. The summed E-state index contributed by atoms with van der Waals surface area (Å²) in [4.78, 5) is 23.4. The molecule has 0 bridgehead atoms. The van der Waals surface area contributed by atoms with Crippen LogP contribution < -0.4 is 10.1 Å². The average molecular weight is 359 g/mol. The Bertz CT molecular complexity index is 953. The molecule has 0 aliphatic carbocycles. The summed E-state index contributed by atoms with van der Waals surface area (Å²) in [5, 5.41) is 2.67. The number of aryl methyl sites for hydroxylation is 2. The predicted octanol–water partition coefficient (Wildman–Crippen LogP) is 5.15. The molecule has 3 rings (SSSR count). The molecule has 0 saturated heterocycles. The van der Waals surface area contributed by atoms with Gasteiger partial charge in [-0.05, 0) is 61.4 Å². The molecule has 1 N–H and O–H groups in total. The molecule has 0 radical (unpaired) electrons. The zero-order valence-corrected chi connectivity index (χ0v) is 15.6. The molecule has 0 fully saturated rings. The normalized spacial score (nSPS) is 10.3. The molecule has 0 spiro atoms. The number of carbonyl (C=O) groups is 2. The Labute approximate surface area is 158 Å². The van der Waals surface area contributed by atoms with E-state index in [9.17, 15) is 9.59 Å². The van der Waals surface area contributed by atoms with Crippen LogP contribution in [0.3, 0.4) is 0 Å². The molecule has 0 aromatic heterocycles. The van der Waals surface area contributed by atoms with E-state index in [2.05, 4.69) is 37.4 Å². The van der Waals surface area contributed by atoms with Gasteiger partial charge in [-0.3, -0.25) is 4.79 Å². The maximum absolute atomic E-state index is 12.3. The van der Waals surface area contributed by atoms with Crippen LogP contribution in [0.4, 0.5) is 5.69 Å². The van der Waals surface area contributed by atoms with E-state index in [1.807, 2.05) is 12.1 Å². The van der Waals surface area contributed by atoms with Crippen molar-refractivity contribution in [2.45, 2.75) is 20.8 Å². The lowest BCUT2D eigenvalue weighted by molar-refractivity contribution is -0.114. The van der Waals surface area contributed by atoms with Crippen LogP contribution in [-0.2, 0) is 4.79 Å². The second-order valence-electron chi connectivity index (χ2n) is 6.55. The van der Waals surface area contributed by atoms with Gasteiger partial charge < -0.3 is 10.1 Å². The number of hydrogen-bond donors (Lipinski definition) is 1. The van der Waals surface area contributed by atoms with Gasteiger partial charge in [0.2, 0.25) is 5.91 Å². The molecule has 0 aliphatic rings. The third-order valence-corrected chi connectivity index (χ3v) is 4.06. The minimum atomic E-state index is -0.422. The highest BCUT2D eigenvalue weighted by Gasteiger charge is 2.09. The molecule has 4 heteroatoms. The Kier molecular flexibility index (Phi) is 5.36. The fourth-order valence-electron chi connectivity index (χ4n) is 2.92. The first kappa shape index (κ1) is 18.4. The number of anilines is 1. The smallest absolute Gasteiger partial charge is 0.343 e. The lowest BCUT2D eigenvalue weighted by atomic mass is 10.00. The van der Waals surface area contributed by atoms with Gasteiger partial charge in [0.05, 0.1) is 5.56 Å². The number of amides is 1. The van der Waals surface area contributed by atoms with Crippen molar-refractivity contribution in [3.05, 3.63) is 83.4 Å². The molecular weight excluding hydrogens is 338 g/mol. The molecule has 0 unspecified atom stereocenters. The minimum Gasteiger partial charge on any atom is -0.423 e. The standard InChI is InChI=1S/C23H21NO3/c1-15-12-16(2)14-20(13-15)18-4-6-19(7-5-18)23(26)27-22-10-8-21(9-11-22)24-17(3)25/h4-14H,1-3H3,(H,24,25). The van der Waals surface area contributed by atoms with E-state index < -0.39 is 5.97 Å². The van der Waals surface area contributed by atoms with E-state index in [1.165, 1.54) is 18.1 Å². The van der Waals surface area contributed by atoms with Crippen LogP contribution in [-0.4, -0.2) is 11.9 Å². The van der Waals surface area contributed by atoms with Gasteiger partial charge in [-0.15, -0.1) is 0 Å². The van der Waals surface area contributed by atoms with Crippen molar-refractivity contribution in [1.82, 2.24) is 0 Å². The molecule has 3 aromatic rings. The number of rotatable bonds is 4. The van der Waals surface area contributed by atoms with Crippen molar-refractivity contribution >= 4 is 17.6 Å². The third-order valence-electron chi connectivity index (χ3n) is 4.06. The molecule has 1 amide bonds. The van der Waals surface area contributed by atoms with Gasteiger partial charge in [0, 0.05) is 12.6 Å². The van der Waals surface area contributed by atoms with Crippen LogP contribution in [0.5, 0.6) is 5.75 Å². The van der Waals surface area contributed by atoms with E-state index in [0.717, 1.165) is 11.1 Å². The monoisotopic (exact) mass is 359 g/mol. The van der Waals surface area contributed by atoms with Crippen LogP contribution in [0, 0.1) is 13.8 Å². The Balaban J connectivity index is 1.71. The molecule has 27 heavy (non-hydrogen) atoms. The SMILES string of the molecule is CC(=O)Nc1ccc(OC(=O)c2ccc(-c3cc(C)cc(C)c3)cc2)cc1. The fraction of sp³-hybridized carbons (Fsp3) is 0.130. The quantitative estimate of drug-likeness (QED) is 0.518. The predicted molar refractivity (Wildman–Crippen MR) is 107 cm³/mol. The van der Waals surface area contributed by atoms with E-state index in [-0.39, 0.29) is 5.91 Å². The first-order valence-corrected chi connectivity index (χ1v) is 8.69. The van der Waals surface area contributed by atoms with Gasteiger partial charge in [0.15, 0.2) is 0 Å². The lowest BCUT2D eigenvalue weighted by Gasteiger charge is -2.08. The highest BCUT2D eigenvalue weighted by molar-refractivity contribution is 5.92. The van der Waals surface area contributed by atoms with E-state index in [4.69, 9.17) is 4.74 Å². The average Bonchev–Trinajstić information content (AvgIpc) is 2.62. The summed E-state index contributed by atoms with van der Waals surface area (Å²) in [7, 11) is 0. The summed E-state index contributed by atoms with van der Waals surface area (Å²) in [5.74, 6) is -0.148. The van der Waals surface area contributed by atoms with E-state index >= 15 is 0 Å². The summed E-state index contributed by atoms with van der Waals surface area (Å²) >= 11 is 0. The van der Waals surface area contributed by atoms with E-state index in [1.54, 1.807) is 36.4 Å². The van der Waals surface area contributed by atoms with Crippen LogP contribution >= 0.6 is 0 Å². The Morgan fingerprint density at radius 1 is 0.778 bits per heavy atom. The number of hydrogen-bond acceptors (Lipinski definition) is 3. The molecular formula is C23H21NO3. The van der Waals surface area contributed by atoms with E-state index in [0.29, 0.717) is 17.0 Å². The number of carbonyl (C=O) groups excluding carboxylic acids is 2. The lowest BCUT2D eigenvalue weighted by Crippen LogP contribution is -2.09. The summed E-state index contributed by atoms with van der Waals surface area (Å²) < 4.78 is 5.39. The molecule has 0 atom stereocenters. The van der Waals surface area contributed by atoms with Crippen LogP contribution in [0.15, 0.2) is 66.7 Å². The molecule has 4 nitrogen and oxygen atoms in total. The summed E-state index contributed by atoms with van der Waals surface area (Å²) in [5.41, 5.74) is 5.72. The zero-order chi connectivity index (χ0) is 19.4. The van der Waals surface area contributed by atoms with Gasteiger partial charge >= 0.3 is 5.97 Å². The van der Waals surface area contributed by atoms with Crippen molar-refractivity contribution in [2.75, 3.05) is 5.32 Å². The van der Waals surface area contributed by atoms with Crippen molar-refractivity contribution in [2.24, 2.45) is 0 Å². The second kappa shape index (κ2) is 7.87. The van der Waals surface area contributed by atoms with Gasteiger partial charge in [-0.1, -0.05) is 41.5 Å². The van der Waals surface area contributed by atoms with Crippen LogP contribution in [0.1, 0.15) is 28.4 Å². The maximum Gasteiger partial charge on any atom is 0.343 e. The van der Waals surface area contributed by atoms with Crippen molar-refractivity contribution < 1.29 is 14.3 Å². The number of esters is 1. The molecule has 3 aromatic carbocycles. The summed E-state index contributed by atoms with van der Waals surface area (Å²) in [6.07, 6.45) is 0. The van der Waals surface area contributed by atoms with Gasteiger partial charge in [-0.2, -0.15) is 0 Å². The van der Waals surface area contributed by atoms with Gasteiger partial charge in [0.1, 0.15) is 5.75 Å². The van der Waals surface area contributed by atoms with Crippen LogP contribution in [0.25, 0.3) is 11.1 Å². The van der Waals surface area contributed by atoms with Gasteiger partial charge in [-0.25, -0.2) is 4.79 Å². The minimum absolute atomic E-state index is 0.149. The largest absolute Gasteiger partial charge is 0.423 e. The third kappa shape index (κ3) is 4.82. The van der Waals surface area contributed by atoms with Crippen molar-refractivity contribution in [3.8, 4) is 16.9 Å². The first-order chi connectivity index (χ1) is 12.9. The molecule has 0 saturated carbocycles. The van der Waals surface area contributed by atoms with Crippen molar-refractivity contribution in [3.63, 3.8) is 0 Å². The zero-order valence-electron chi connectivity index (χ0n) is 15.6. The molecule has 136 valence electrons. The second-order valence-corrected chi connectivity index (χ2v) is 6.55. The topological polar surface area (TPSA) is 55.4 Å². The number of benzene rings is 3. The Morgan fingerprint density at radius 2 is 1.37 bits per heavy atom. The Morgan fingerprint density at radius 3 is 1.93 bits per heavy atom. The summed E-state index contributed by atoms with van der Waals surface area (Å²) in [6, 6.07) is 20.4. The van der Waals surface area contributed by atoms with Gasteiger partial charge in [0.25, 0.3) is 0 Å². The molecule has 0 heterocycles. The van der Waals surface area contributed by atoms with Crippen molar-refractivity contribution in [1.29, 1.82) is 0 Å². The maximum atomic E-state index is 12.3. The highest BCUT2D eigenvalue weighted by Crippen LogP contribution is 2.23. The molecule has 0 aliphatic heterocycles. The summed E-state index contributed by atoms with van der Waals surface area (Å²) in [6.45, 7) is 5.58. The highest BCUT2D eigenvalue weighted by atomic mass is 16.5. The number of ether oxygens (including phenoxy) is 1. The van der Waals surface area contributed by atoms with Crippen LogP contribution in [0.2, 0.25) is 0 Å². The Hall–Kier alpha value is -3.40. The fourth-order valence-corrected chi connectivity index (χ4v) is 2.92. The number of nitrogens with one attached hydrogen (secondary N) is 1.